The van der Waals surface area contributed by atoms with Crippen LogP contribution in [0.1, 0.15) is 23.1 Å². The molecule has 1 atom stereocenters. The standard InChI is InChI=1S/C17H20N4O6/c1-10-14(15(22)18-17(2,9-25-3)16(23)24)19-20-21(10)11-4-5-12-13(8-11)27-7-6-26-12/h4-5,8H,6-7,9H2,1-3H3,(H,18,22)(H,23,24). The van der Waals surface area contributed by atoms with E-state index in [2.05, 4.69) is 15.6 Å². The molecule has 2 heterocycles. The van der Waals surface area contributed by atoms with E-state index in [4.69, 9.17) is 14.2 Å². The number of rotatable bonds is 6. The highest BCUT2D eigenvalue weighted by Crippen LogP contribution is 2.32. The van der Waals surface area contributed by atoms with Crippen LogP contribution in [0.15, 0.2) is 18.2 Å². The number of methoxy groups -OCH3 is 1. The summed E-state index contributed by atoms with van der Waals surface area (Å²) in [5, 5.41) is 19.7. The molecule has 0 saturated heterocycles. The molecule has 144 valence electrons. The van der Waals surface area contributed by atoms with Gasteiger partial charge in [-0.15, -0.1) is 5.10 Å². The lowest BCUT2D eigenvalue weighted by Crippen LogP contribution is -2.55. The number of nitrogens with zero attached hydrogens (tertiary/aromatic N) is 3. The Labute approximate surface area is 155 Å². The van der Waals surface area contributed by atoms with Gasteiger partial charge in [-0.2, -0.15) is 0 Å². The SMILES string of the molecule is COCC(C)(NC(=O)c1nnn(-c2ccc3c(c2)OCCO3)c1C)C(=O)O. The van der Waals surface area contributed by atoms with Crippen LogP contribution in [-0.2, 0) is 9.53 Å². The fourth-order valence-electron chi connectivity index (χ4n) is 2.70. The van der Waals surface area contributed by atoms with Gasteiger partial charge < -0.3 is 24.6 Å². The second-order valence-electron chi connectivity index (χ2n) is 6.29. The van der Waals surface area contributed by atoms with Gasteiger partial charge in [0.2, 0.25) is 0 Å². The molecule has 1 aliphatic rings. The van der Waals surface area contributed by atoms with Crippen LogP contribution in [0.5, 0.6) is 11.5 Å². The van der Waals surface area contributed by atoms with E-state index in [1.54, 1.807) is 25.1 Å². The first kappa shape index (κ1) is 18.6. The van der Waals surface area contributed by atoms with Crippen molar-refractivity contribution in [3.8, 4) is 17.2 Å². The molecular formula is C17H20N4O6. The largest absolute Gasteiger partial charge is 0.486 e. The molecule has 1 aliphatic heterocycles. The fourth-order valence-corrected chi connectivity index (χ4v) is 2.70. The summed E-state index contributed by atoms with van der Waals surface area (Å²) in [6, 6.07) is 5.26. The molecule has 0 fully saturated rings. The van der Waals surface area contributed by atoms with Crippen LogP contribution < -0.4 is 14.8 Å². The third kappa shape index (κ3) is 3.56. The lowest BCUT2D eigenvalue weighted by Gasteiger charge is -2.24. The van der Waals surface area contributed by atoms with Crippen molar-refractivity contribution in [3.05, 3.63) is 29.6 Å². The first-order chi connectivity index (χ1) is 12.9. The Bertz CT molecular complexity index is 880. The van der Waals surface area contributed by atoms with Gasteiger partial charge in [0.15, 0.2) is 22.7 Å². The van der Waals surface area contributed by atoms with Crippen molar-refractivity contribution in [1.29, 1.82) is 0 Å². The molecule has 10 heteroatoms. The summed E-state index contributed by atoms with van der Waals surface area (Å²) in [5.41, 5.74) is -0.469. The number of fused-ring (bicyclic) bond motifs is 1. The van der Waals surface area contributed by atoms with Gasteiger partial charge in [-0.25, -0.2) is 9.48 Å². The van der Waals surface area contributed by atoms with Crippen molar-refractivity contribution in [3.63, 3.8) is 0 Å². The number of aromatic nitrogens is 3. The average molecular weight is 376 g/mol. The molecule has 1 unspecified atom stereocenters. The maximum absolute atomic E-state index is 12.5. The minimum Gasteiger partial charge on any atom is -0.486 e. The summed E-state index contributed by atoms with van der Waals surface area (Å²) >= 11 is 0. The van der Waals surface area contributed by atoms with Gasteiger partial charge in [-0.1, -0.05) is 5.21 Å². The zero-order chi connectivity index (χ0) is 19.6. The van der Waals surface area contributed by atoms with E-state index in [1.165, 1.54) is 18.7 Å². The summed E-state index contributed by atoms with van der Waals surface area (Å²) in [5.74, 6) is -0.649. The molecule has 0 saturated carbocycles. The minimum absolute atomic E-state index is 0.0217. The molecule has 1 aromatic heterocycles. The number of hydrogen-bond acceptors (Lipinski definition) is 7. The Hall–Kier alpha value is -3.14. The van der Waals surface area contributed by atoms with E-state index >= 15 is 0 Å². The Morgan fingerprint density at radius 3 is 2.70 bits per heavy atom. The zero-order valence-corrected chi connectivity index (χ0v) is 15.2. The summed E-state index contributed by atoms with van der Waals surface area (Å²) in [7, 11) is 1.36. The second-order valence-corrected chi connectivity index (χ2v) is 6.29. The van der Waals surface area contributed by atoms with Gasteiger partial charge in [-0.05, 0) is 26.0 Å². The molecule has 2 aromatic rings. The van der Waals surface area contributed by atoms with E-state index in [-0.39, 0.29) is 12.3 Å². The molecule has 3 rings (SSSR count). The Morgan fingerprint density at radius 2 is 2.04 bits per heavy atom. The zero-order valence-electron chi connectivity index (χ0n) is 15.2. The van der Waals surface area contributed by atoms with Gasteiger partial charge in [0.1, 0.15) is 13.2 Å². The molecule has 0 spiro atoms. The third-order valence-corrected chi connectivity index (χ3v) is 4.17. The molecule has 27 heavy (non-hydrogen) atoms. The van der Waals surface area contributed by atoms with Crippen molar-refractivity contribution >= 4 is 11.9 Å². The molecule has 0 radical (unpaired) electrons. The van der Waals surface area contributed by atoms with E-state index < -0.39 is 17.4 Å². The Morgan fingerprint density at radius 1 is 1.33 bits per heavy atom. The number of carboxylic acids is 1. The van der Waals surface area contributed by atoms with Crippen molar-refractivity contribution in [2.45, 2.75) is 19.4 Å². The quantitative estimate of drug-likeness (QED) is 0.749. The number of carbonyl (C=O) groups is 2. The number of amides is 1. The van der Waals surface area contributed by atoms with E-state index in [1.807, 2.05) is 0 Å². The van der Waals surface area contributed by atoms with Crippen LogP contribution in [0.3, 0.4) is 0 Å². The van der Waals surface area contributed by atoms with Gasteiger partial charge in [0, 0.05) is 13.2 Å². The monoisotopic (exact) mass is 376 g/mol. The number of carboxylic acid groups (broad SMARTS) is 1. The van der Waals surface area contributed by atoms with Gasteiger partial charge in [-0.3, -0.25) is 4.79 Å². The Balaban J connectivity index is 1.87. The van der Waals surface area contributed by atoms with Crippen LogP contribution in [0, 0.1) is 6.92 Å². The van der Waals surface area contributed by atoms with Crippen molar-refractivity contribution in [2.24, 2.45) is 0 Å². The first-order valence-electron chi connectivity index (χ1n) is 8.23. The van der Waals surface area contributed by atoms with Gasteiger partial charge in [0.25, 0.3) is 5.91 Å². The minimum atomic E-state index is -1.58. The normalized spacial score (nSPS) is 15.1. The van der Waals surface area contributed by atoms with E-state index in [9.17, 15) is 14.7 Å². The smallest absolute Gasteiger partial charge is 0.331 e. The van der Waals surface area contributed by atoms with E-state index in [0.29, 0.717) is 36.1 Å². The lowest BCUT2D eigenvalue weighted by atomic mass is 10.0. The van der Waals surface area contributed by atoms with Gasteiger partial charge >= 0.3 is 5.97 Å². The summed E-state index contributed by atoms with van der Waals surface area (Å²) in [6.45, 7) is 3.78. The average Bonchev–Trinajstić information content (AvgIpc) is 3.03. The van der Waals surface area contributed by atoms with Crippen LogP contribution in [0.4, 0.5) is 0 Å². The number of benzene rings is 1. The molecule has 1 aromatic carbocycles. The molecular weight excluding hydrogens is 356 g/mol. The van der Waals surface area contributed by atoms with Crippen LogP contribution in [0.2, 0.25) is 0 Å². The van der Waals surface area contributed by atoms with Gasteiger partial charge in [0.05, 0.1) is 18.0 Å². The van der Waals surface area contributed by atoms with Crippen molar-refractivity contribution in [2.75, 3.05) is 26.9 Å². The van der Waals surface area contributed by atoms with Crippen molar-refractivity contribution in [1.82, 2.24) is 20.3 Å². The maximum Gasteiger partial charge on any atom is 0.331 e. The van der Waals surface area contributed by atoms with E-state index in [0.717, 1.165) is 0 Å². The highest BCUT2D eigenvalue weighted by molar-refractivity contribution is 5.97. The van der Waals surface area contributed by atoms with Crippen LogP contribution >= 0.6 is 0 Å². The molecule has 0 aliphatic carbocycles. The third-order valence-electron chi connectivity index (χ3n) is 4.17. The fraction of sp³-hybridized carbons (Fsp3) is 0.412. The topological polar surface area (TPSA) is 125 Å². The molecule has 1 amide bonds. The molecule has 10 nitrogen and oxygen atoms in total. The lowest BCUT2D eigenvalue weighted by molar-refractivity contribution is -0.145. The summed E-state index contributed by atoms with van der Waals surface area (Å²) < 4.78 is 17.4. The second kappa shape index (κ2) is 7.23. The predicted molar refractivity (Wildman–Crippen MR) is 92.5 cm³/mol. The maximum atomic E-state index is 12.5. The number of ether oxygens (including phenoxy) is 3. The summed E-state index contributed by atoms with van der Waals surface area (Å²) in [6.07, 6.45) is 0. The highest BCUT2D eigenvalue weighted by atomic mass is 16.6. The predicted octanol–water partition coefficient (Wildman–Crippen LogP) is 0.566. The molecule has 0 bridgehead atoms. The number of hydrogen-bond donors (Lipinski definition) is 2. The first-order valence-corrected chi connectivity index (χ1v) is 8.23. The summed E-state index contributed by atoms with van der Waals surface area (Å²) in [4.78, 5) is 24.0. The number of aliphatic carboxylic acids is 1. The molecule has 2 N–H and O–H groups in total. The van der Waals surface area contributed by atoms with Crippen LogP contribution in [0.25, 0.3) is 5.69 Å². The van der Waals surface area contributed by atoms with Crippen LogP contribution in [-0.4, -0.2) is 64.4 Å². The number of carbonyl (C=O) groups excluding carboxylic acids is 1. The van der Waals surface area contributed by atoms with Crippen molar-refractivity contribution < 1.29 is 28.9 Å². The number of nitrogens with one attached hydrogen (secondary N) is 1. The Kier molecular flexibility index (Phi) is 5.00. The highest BCUT2D eigenvalue weighted by Gasteiger charge is 2.36.